The summed E-state index contributed by atoms with van der Waals surface area (Å²) in [5.41, 5.74) is 11.6. The van der Waals surface area contributed by atoms with E-state index in [1.54, 1.807) is 0 Å². The van der Waals surface area contributed by atoms with Crippen LogP contribution in [-0.4, -0.2) is 38.7 Å². The number of aliphatic hydroxyl groups is 1. The van der Waals surface area contributed by atoms with Gasteiger partial charge in [0.2, 0.25) is 5.95 Å². The SMILES string of the molecule is CCC(CO)Nc1nc(-c2cccc(O)c2F)c2c(N)c(C(N)=O)sc2n1. The first-order valence-electron chi connectivity index (χ1n) is 8.12. The highest BCUT2D eigenvalue weighted by Crippen LogP contribution is 2.40. The van der Waals surface area contributed by atoms with E-state index in [2.05, 4.69) is 15.3 Å². The largest absolute Gasteiger partial charge is 0.505 e. The Balaban J connectivity index is 2.31. The minimum atomic E-state index is -0.871. The van der Waals surface area contributed by atoms with Gasteiger partial charge in [-0.25, -0.2) is 14.4 Å². The number of aromatic hydroxyl groups is 1. The summed E-state index contributed by atoms with van der Waals surface area (Å²) < 4.78 is 14.5. The Morgan fingerprint density at radius 1 is 1.41 bits per heavy atom. The first kappa shape index (κ1) is 18.8. The number of hydrogen-bond donors (Lipinski definition) is 5. The summed E-state index contributed by atoms with van der Waals surface area (Å²) in [5, 5.41) is 22.4. The summed E-state index contributed by atoms with van der Waals surface area (Å²) in [6, 6.07) is 3.80. The molecule has 0 aliphatic heterocycles. The molecule has 2 aromatic heterocycles. The van der Waals surface area contributed by atoms with E-state index in [1.165, 1.54) is 18.2 Å². The number of aliphatic hydroxyl groups excluding tert-OH is 1. The lowest BCUT2D eigenvalue weighted by Crippen LogP contribution is -2.24. The second-order valence-electron chi connectivity index (χ2n) is 5.86. The fourth-order valence-corrected chi connectivity index (χ4v) is 3.57. The van der Waals surface area contributed by atoms with Gasteiger partial charge >= 0.3 is 0 Å². The van der Waals surface area contributed by atoms with Crippen LogP contribution in [0.2, 0.25) is 0 Å². The monoisotopic (exact) mass is 391 g/mol. The van der Waals surface area contributed by atoms with Crippen LogP contribution in [0.1, 0.15) is 23.0 Å². The van der Waals surface area contributed by atoms with Crippen molar-refractivity contribution in [1.29, 1.82) is 0 Å². The molecule has 0 bridgehead atoms. The van der Waals surface area contributed by atoms with E-state index in [4.69, 9.17) is 11.5 Å². The van der Waals surface area contributed by atoms with Crippen molar-refractivity contribution in [3.05, 3.63) is 28.9 Å². The molecule has 0 saturated heterocycles. The number of nitrogens with two attached hydrogens (primary N) is 2. The van der Waals surface area contributed by atoms with E-state index in [-0.39, 0.29) is 45.8 Å². The van der Waals surface area contributed by atoms with Crippen LogP contribution >= 0.6 is 11.3 Å². The first-order valence-corrected chi connectivity index (χ1v) is 8.94. The molecule has 1 aromatic carbocycles. The third kappa shape index (κ3) is 3.36. The number of primary amides is 1. The predicted octanol–water partition coefficient (Wildman–Crippen LogP) is 2.07. The number of rotatable bonds is 6. The smallest absolute Gasteiger partial charge is 0.260 e. The average Bonchev–Trinajstić information content (AvgIpc) is 2.98. The number of fused-ring (bicyclic) bond motifs is 1. The Labute approximate surface area is 157 Å². The summed E-state index contributed by atoms with van der Waals surface area (Å²) in [6.07, 6.45) is 0.604. The maximum absolute atomic E-state index is 14.5. The zero-order chi connectivity index (χ0) is 19.7. The molecule has 0 spiro atoms. The molecular weight excluding hydrogens is 373 g/mol. The van der Waals surface area contributed by atoms with Crippen molar-refractivity contribution < 1.29 is 19.4 Å². The summed E-state index contributed by atoms with van der Waals surface area (Å²) in [5.74, 6) is -2.00. The van der Waals surface area contributed by atoms with Gasteiger partial charge in [-0.1, -0.05) is 13.0 Å². The summed E-state index contributed by atoms with van der Waals surface area (Å²) in [4.78, 5) is 20.7. The molecule has 2 heterocycles. The lowest BCUT2D eigenvalue weighted by Gasteiger charge is -2.15. The van der Waals surface area contributed by atoms with Crippen LogP contribution in [0.4, 0.5) is 16.0 Å². The fraction of sp³-hybridized carbons (Fsp3) is 0.235. The number of carbonyl (C=O) groups is 1. The van der Waals surface area contributed by atoms with Crippen molar-refractivity contribution in [3.8, 4) is 17.0 Å². The number of aromatic nitrogens is 2. The van der Waals surface area contributed by atoms with Crippen molar-refractivity contribution in [1.82, 2.24) is 9.97 Å². The average molecular weight is 391 g/mol. The number of halogens is 1. The second-order valence-corrected chi connectivity index (χ2v) is 6.85. The zero-order valence-electron chi connectivity index (χ0n) is 14.4. The van der Waals surface area contributed by atoms with Gasteiger partial charge in [-0.15, -0.1) is 11.3 Å². The van der Waals surface area contributed by atoms with Gasteiger partial charge in [-0.3, -0.25) is 4.79 Å². The molecule has 3 aromatic rings. The standard InChI is InChI=1S/C17H18FN5O3S/c1-2-7(6-24)21-17-22-13(8-4-3-5-9(25)11(8)18)10-12(19)14(15(20)26)27-16(10)23-17/h3-5,7,24-25H,2,6,19H2,1H3,(H2,20,26)(H,21,22,23). The molecule has 8 nitrogen and oxygen atoms in total. The highest BCUT2D eigenvalue weighted by atomic mass is 32.1. The number of phenolic OH excluding ortho intramolecular Hbond substituents is 1. The van der Waals surface area contributed by atoms with Gasteiger partial charge in [0, 0.05) is 5.56 Å². The Bertz CT molecular complexity index is 1020. The van der Waals surface area contributed by atoms with Crippen LogP contribution in [0.25, 0.3) is 21.5 Å². The Kier molecular flexibility index (Phi) is 5.10. The van der Waals surface area contributed by atoms with Gasteiger partial charge in [-0.05, 0) is 18.6 Å². The summed E-state index contributed by atoms with van der Waals surface area (Å²) >= 11 is 0.969. The van der Waals surface area contributed by atoms with Crippen LogP contribution in [0.15, 0.2) is 18.2 Å². The quantitative estimate of drug-likeness (QED) is 0.432. The number of thiophene rings is 1. The molecule has 3 rings (SSSR count). The van der Waals surface area contributed by atoms with E-state index >= 15 is 0 Å². The number of anilines is 2. The van der Waals surface area contributed by atoms with Gasteiger partial charge in [-0.2, -0.15) is 0 Å². The van der Waals surface area contributed by atoms with Crippen molar-refractivity contribution in [2.24, 2.45) is 5.73 Å². The minimum Gasteiger partial charge on any atom is -0.505 e. The van der Waals surface area contributed by atoms with Crippen molar-refractivity contribution in [2.45, 2.75) is 19.4 Å². The van der Waals surface area contributed by atoms with E-state index in [0.29, 0.717) is 11.3 Å². The van der Waals surface area contributed by atoms with Crippen molar-refractivity contribution in [2.75, 3.05) is 17.7 Å². The highest BCUT2D eigenvalue weighted by Gasteiger charge is 2.23. The molecule has 1 amide bonds. The van der Waals surface area contributed by atoms with Crippen LogP contribution in [0.5, 0.6) is 5.75 Å². The molecule has 0 aliphatic rings. The molecular formula is C17H18FN5O3S. The molecule has 10 heteroatoms. The predicted molar refractivity (Wildman–Crippen MR) is 102 cm³/mol. The van der Waals surface area contributed by atoms with Crippen LogP contribution < -0.4 is 16.8 Å². The van der Waals surface area contributed by atoms with Gasteiger partial charge in [0.1, 0.15) is 9.71 Å². The molecule has 0 saturated carbocycles. The number of benzene rings is 1. The van der Waals surface area contributed by atoms with Gasteiger partial charge in [0.25, 0.3) is 5.91 Å². The third-order valence-electron chi connectivity index (χ3n) is 4.09. The molecule has 7 N–H and O–H groups in total. The molecule has 1 unspecified atom stereocenters. The maximum Gasteiger partial charge on any atom is 0.260 e. The number of nitrogens with zero attached hydrogens (tertiary/aromatic N) is 2. The Hall–Kier alpha value is -2.98. The topological polar surface area (TPSA) is 147 Å². The van der Waals surface area contributed by atoms with E-state index in [1.807, 2.05) is 6.92 Å². The normalized spacial score (nSPS) is 12.3. The number of nitrogen functional groups attached to an aromatic ring is 1. The van der Waals surface area contributed by atoms with E-state index < -0.39 is 17.5 Å². The summed E-state index contributed by atoms with van der Waals surface area (Å²) in [6.45, 7) is 1.73. The highest BCUT2D eigenvalue weighted by molar-refractivity contribution is 7.21. The van der Waals surface area contributed by atoms with Crippen molar-refractivity contribution in [3.63, 3.8) is 0 Å². The lowest BCUT2D eigenvalue weighted by molar-refractivity contribution is 0.100. The number of amides is 1. The molecule has 0 aliphatic carbocycles. The first-order chi connectivity index (χ1) is 12.9. The van der Waals surface area contributed by atoms with Gasteiger partial charge in [0.15, 0.2) is 11.6 Å². The van der Waals surface area contributed by atoms with E-state index in [0.717, 1.165) is 11.3 Å². The lowest BCUT2D eigenvalue weighted by atomic mass is 10.1. The summed E-state index contributed by atoms with van der Waals surface area (Å²) in [7, 11) is 0. The molecule has 142 valence electrons. The van der Waals surface area contributed by atoms with Crippen LogP contribution in [0.3, 0.4) is 0 Å². The number of carbonyl (C=O) groups excluding carboxylic acids is 1. The van der Waals surface area contributed by atoms with Gasteiger partial charge in [0.05, 0.1) is 29.4 Å². The van der Waals surface area contributed by atoms with Crippen LogP contribution in [0, 0.1) is 5.82 Å². The molecule has 1 atom stereocenters. The number of hydrogen-bond acceptors (Lipinski definition) is 8. The third-order valence-corrected chi connectivity index (χ3v) is 5.21. The maximum atomic E-state index is 14.5. The Morgan fingerprint density at radius 2 is 2.15 bits per heavy atom. The minimum absolute atomic E-state index is 0.00279. The Morgan fingerprint density at radius 3 is 2.78 bits per heavy atom. The van der Waals surface area contributed by atoms with Crippen molar-refractivity contribution >= 4 is 39.1 Å². The number of nitrogens with one attached hydrogen (secondary N) is 1. The molecule has 27 heavy (non-hydrogen) atoms. The second kappa shape index (κ2) is 7.33. The fourth-order valence-electron chi connectivity index (χ4n) is 2.63. The van der Waals surface area contributed by atoms with Crippen LogP contribution in [-0.2, 0) is 0 Å². The number of phenols is 1. The van der Waals surface area contributed by atoms with Gasteiger partial charge < -0.3 is 27.0 Å². The zero-order valence-corrected chi connectivity index (χ0v) is 15.2. The molecule has 0 fully saturated rings. The van der Waals surface area contributed by atoms with E-state index in [9.17, 15) is 19.4 Å². The molecule has 0 radical (unpaired) electrons.